The van der Waals surface area contributed by atoms with E-state index in [1.807, 2.05) is 11.9 Å². The molecule has 1 fully saturated rings. The number of hydrogen-bond acceptors (Lipinski definition) is 7. The van der Waals surface area contributed by atoms with Gasteiger partial charge in [-0.15, -0.1) is 10.2 Å². The van der Waals surface area contributed by atoms with Gasteiger partial charge in [-0.25, -0.2) is 8.78 Å². The van der Waals surface area contributed by atoms with Crippen molar-refractivity contribution in [2.45, 2.75) is 38.8 Å². The monoisotopic (exact) mass is 473 g/mol. The number of rotatable bonds is 4. The molecule has 172 valence electrons. The summed E-state index contributed by atoms with van der Waals surface area (Å²) < 4.78 is 28.8. The van der Waals surface area contributed by atoms with Crippen molar-refractivity contribution in [1.29, 1.82) is 0 Å². The lowest BCUT2D eigenvalue weighted by atomic mass is 10.1. The number of carbonyl (C=O) groups is 1. The van der Waals surface area contributed by atoms with Crippen LogP contribution in [0.3, 0.4) is 0 Å². The molecule has 33 heavy (non-hydrogen) atoms. The van der Waals surface area contributed by atoms with Gasteiger partial charge in [-0.05, 0) is 37.8 Å². The number of halogens is 2. The molecule has 0 bridgehead atoms. The second-order valence-electron chi connectivity index (χ2n) is 8.06. The van der Waals surface area contributed by atoms with Crippen molar-refractivity contribution < 1.29 is 18.7 Å². The van der Waals surface area contributed by atoms with Crippen LogP contribution in [0.25, 0.3) is 10.6 Å². The highest BCUT2D eigenvalue weighted by Crippen LogP contribution is 2.32. The first-order valence-corrected chi connectivity index (χ1v) is 11.5. The Hall–Kier alpha value is -3.34. The molecular weight excluding hydrogens is 452 g/mol. The molecule has 11 heteroatoms. The third kappa shape index (κ3) is 3.56. The molecular formula is C22H21F2N5O3S. The summed E-state index contributed by atoms with van der Waals surface area (Å²) >= 11 is 1.08. The SMILES string of the molecule is CCN1C(=O)c2c(O)c(=O)c(-c3nnc(Cc4ccc(F)cc4F)s3)cn2N2CCCC[C@@H]12. The van der Waals surface area contributed by atoms with Gasteiger partial charge in [0.25, 0.3) is 5.91 Å². The van der Waals surface area contributed by atoms with Crippen LogP contribution in [-0.4, -0.2) is 50.0 Å². The number of pyridine rings is 1. The number of aromatic nitrogens is 3. The van der Waals surface area contributed by atoms with Crippen LogP contribution in [0.4, 0.5) is 8.78 Å². The smallest absolute Gasteiger partial charge is 0.278 e. The standard InChI is InChI=1S/C22H21F2N5O3S/c1-2-27-17-5-3-4-8-28(17)29-11-14(19(30)20(31)18(29)22(27)32)21-26-25-16(33-21)9-12-6-7-13(23)10-15(12)24/h6-7,10-11,17,31H,2-5,8-9H2,1H3/t17-/m0/s1. The van der Waals surface area contributed by atoms with Crippen LogP contribution in [0.2, 0.25) is 0 Å². The van der Waals surface area contributed by atoms with Crippen LogP contribution >= 0.6 is 11.3 Å². The van der Waals surface area contributed by atoms with Gasteiger partial charge in [0.05, 0.1) is 5.56 Å². The summed E-state index contributed by atoms with van der Waals surface area (Å²) in [6.07, 6.45) is 4.18. The summed E-state index contributed by atoms with van der Waals surface area (Å²) in [5, 5.41) is 21.5. The molecule has 0 saturated carbocycles. The van der Waals surface area contributed by atoms with Crippen molar-refractivity contribution in [3.8, 4) is 16.3 Å². The van der Waals surface area contributed by atoms with Gasteiger partial charge in [-0.1, -0.05) is 17.4 Å². The van der Waals surface area contributed by atoms with E-state index in [2.05, 4.69) is 10.2 Å². The van der Waals surface area contributed by atoms with Gasteiger partial charge < -0.3 is 10.0 Å². The summed E-state index contributed by atoms with van der Waals surface area (Å²) in [5.41, 5.74) is -0.397. The Balaban J connectivity index is 1.55. The molecule has 1 amide bonds. The molecule has 8 nitrogen and oxygen atoms in total. The fourth-order valence-corrected chi connectivity index (χ4v) is 5.37. The van der Waals surface area contributed by atoms with Gasteiger partial charge in [0.2, 0.25) is 5.43 Å². The van der Waals surface area contributed by atoms with E-state index in [0.29, 0.717) is 18.1 Å². The van der Waals surface area contributed by atoms with Gasteiger partial charge in [0, 0.05) is 31.8 Å². The molecule has 1 saturated heterocycles. The van der Waals surface area contributed by atoms with Gasteiger partial charge in [-0.2, -0.15) is 0 Å². The lowest BCUT2D eigenvalue weighted by Gasteiger charge is -2.48. The second-order valence-corrected chi connectivity index (χ2v) is 9.12. The van der Waals surface area contributed by atoms with Crippen LogP contribution in [0.5, 0.6) is 5.75 Å². The molecule has 5 rings (SSSR count). The maximum atomic E-state index is 14.0. The Labute approximate surface area is 191 Å². The predicted molar refractivity (Wildman–Crippen MR) is 118 cm³/mol. The van der Waals surface area contributed by atoms with E-state index in [9.17, 15) is 23.5 Å². The average molecular weight is 474 g/mol. The lowest BCUT2D eigenvalue weighted by Crippen LogP contribution is -2.62. The van der Waals surface area contributed by atoms with Crippen molar-refractivity contribution in [3.63, 3.8) is 0 Å². The molecule has 4 heterocycles. The zero-order valence-electron chi connectivity index (χ0n) is 17.8. The number of hydrogen-bond donors (Lipinski definition) is 1. The summed E-state index contributed by atoms with van der Waals surface area (Å²) in [6, 6.07) is 3.31. The van der Waals surface area contributed by atoms with Crippen molar-refractivity contribution in [3.05, 3.63) is 62.5 Å². The number of amides is 1. The summed E-state index contributed by atoms with van der Waals surface area (Å²) in [5.74, 6) is -2.36. The van der Waals surface area contributed by atoms with Crippen LogP contribution in [-0.2, 0) is 6.42 Å². The second kappa shape index (κ2) is 8.22. The Morgan fingerprint density at radius 3 is 2.79 bits per heavy atom. The number of aromatic hydroxyl groups is 1. The molecule has 0 spiro atoms. The molecule has 2 aliphatic rings. The third-order valence-electron chi connectivity index (χ3n) is 6.10. The van der Waals surface area contributed by atoms with Crippen LogP contribution in [0.15, 0.2) is 29.2 Å². The van der Waals surface area contributed by atoms with Crippen molar-refractivity contribution in [2.75, 3.05) is 18.1 Å². The highest BCUT2D eigenvalue weighted by Gasteiger charge is 2.40. The van der Waals surface area contributed by atoms with Gasteiger partial charge >= 0.3 is 0 Å². The van der Waals surface area contributed by atoms with Crippen LogP contribution in [0, 0.1) is 11.6 Å². The van der Waals surface area contributed by atoms with E-state index >= 15 is 0 Å². The minimum Gasteiger partial charge on any atom is -0.502 e. The van der Waals surface area contributed by atoms with E-state index in [4.69, 9.17) is 0 Å². The highest BCUT2D eigenvalue weighted by atomic mass is 32.1. The Morgan fingerprint density at radius 1 is 1.21 bits per heavy atom. The normalized spacial score (nSPS) is 17.8. The summed E-state index contributed by atoms with van der Waals surface area (Å²) in [7, 11) is 0. The largest absolute Gasteiger partial charge is 0.502 e. The van der Waals surface area contributed by atoms with E-state index in [-0.39, 0.29) is 40.3 Å². The van der Waals surface area contributed by atoms with Gasteiger partial charge in [0.1, 0.15) is 22.8 Å². The van der Waals surface area contributed by atoms with E-state index in [0.717, 1.165) is 36.7 Å². The van der Waals surface area contributed by atoms with Gasteiger partial charge in [-0.3, -0.25) is 19.3 Å². The fraction of sp³-hybridized carbons (Fsp3) is 0.364. The maximum absolute atomic E-state index is 14.0. The molecule has 3 aromatic rings. The highest BCUT2D eigenvalue weighted by molar-refractivity contribution is 7.14. The first kappa shape index (κ1) is 21.5. The molecule has 1 atom stereocenters. The van der Waals surface area contributed by atoms with E-state index in [1.165, 1.54) is 18.3 Å². The summed E-state index contributed by atoms with van der Waals surface area (Å²) in [4.78, 5) is 27.7. The number of piperidine rings is 1. The van der Waals surface area contributed by atoms with E-state index in [1.54, 1.807) is 9.58 Å². The van der Waals surface area contributed by atoms with Crippen molar-refractivity contribution in [2.24, 2.45) is 0 Å². The molecule has 0 unspecified atom stereocenters. The van der Waals surface area contributed by atoms with Crippen molar-refractivity contribution >= 4 is 17.2 Å². The molecule has 0 aliphatic carbocycles. The molecule has 0 radical (unpaired) electrons. The molecule has 2 aliphatic heterocycles. The molecule has 2 aromatic heterocycles. The van der Waals surface area contributed by atoms with Crippen molar-refractivity contribution in [1.82, 2.24) is 19.8 Å². The molecule has 1 aromatic carbocycles. The number of benzene rings is 1. The maximum Gasteiger partial charge on any atom is 0.278 e. The number of carbonyl (C=O) groups excluding carboxylic acids is 1. The third-order valence-corrected chi connectivity index (χ3v) is 7.06. The predicted octanol–water partition coefficient (Wildman–Crippen LogP) is 2.87. The zero-order chi connectivity index (χ0) is 23.3. The molecule has 1 N–H and O–H groups in total. The first-order chi connectivity index (χ1) is 15.9. The topological polar surface area (TPSA) is 91.6 Å². The quantitative estimate of drug-likeness (QED) is 0.627. The Kier molecular flexibility index (Phi) is 5.35. The van der Waals surface area contributed by atoms with Crippen LogP contribution < -0.4 is 10.4 Å². The Morgan fingerprint density at radius 2 is 2.03 bits per heavy atom. The average Bonchev–Trinajstić information content (AvgIpc) is 3.26. The van der Waals surface area contributed by atoms with Gasteiger partial charge in [0.15, 0.2) is 16.5 Å². The number of nitrogens with zero attached hydrogens (tertiary/aromatic N) is 5. The minimum absolute atomic E-state index is 0.0538. The van der Waals surface area contributed by atoms with E-state index < -0.39 is 22.8 Å². The minimum atomic E-state index is -0.711. The fourth-order valence-electron chi connectivity index (χ4n) is 4.50. The summed E-state index contributed by atoms with van der Waals surface area (Å²) in [6.45, 7) is 3.01. The first-order valence-electron chi connectivity index (χ1n) is 10.7. The van der Waals surface area contributed by atoms with Crippen LogP contribution in [0.1, 0.15) is 47.2 Å². The zero-order valence-corrected chi connectivity index (χ0v) is 18.6. The lowest BCUT2D eigenvalue weighted by molar-refractivity contribution is 0.0536. The number of fused-ring (bicyclic) bond motifs is 3. The Bertz CT molecular complexity index is 1310.